The number of aromatic nitrogens is 6. The molecular formula is C53H61F3N10O7S2. The Kier molecular flexibility index (Phi) is 13.2. The Morgan fingerprint density at radius 2 is 1.53 bits per heavy atom. The van der Waals surface area contributed by atoms with E-state index < -0.39 is 64.2 Å². The van der Waals surface area contributed by atoms with Gasteiger partial charge in [0.25, 0.3) is 0 Å². The van der Waals surface area contributed by atoms with Crippen LogP contribution in [0.2, 0.25) is 0 Å². The molecule has 75 heavy (non-hydrogen) atoms. The van der Waals surface area contributed by atoms with Crippen LogP contribution in [-0.2, 0) is 19.1 Å². The molecule has 4 fully saturated rings. The maximum atomic E-state index is 17.0. The number of imidazole rings is 2. The van der Waals surface area contributed by atoms with Crippen LogP contribution in [0.5, 0.6) is 5.75 Å². The zero-order chi connectivity index (χ0) is 52.7. The van der Waals surface area contributed by atoms with Crippen LogP contribution in [0.3, 0.4) is 0 Å². The smallest absolute Gasteiger partial charge is 0.407 e. The first-order valence-electron chi connectivity index (χ1n) is 25.5. The number of alkyl carbamates (subject to hydrolysis) is 2. The molecule has 5 atom stereocenters. The molecule has 22 heteroatoms. The van der Waals surface area contributed by atoms with Gasteiger partial charge in [0.15, 0.2) is 0 Å². The zero-order valence-corrected chi connectivity index (χ0v) is 44.2. The van der Waals surface area contributed by atoms with Gasteiger partial charge in [0.1, 0.15) is 35.3 Å². The minimum atomic E-state index is -2.81. The van der Waals surface area contributed by atoms with Crippen molar-refractivity contribution in [2.24, 2.45) is 11.8 Å². The Morgan fingerprint density at radius 3 is 2.23 bits per heavy atom. The summed E-state index contributed by atoms with van der Waals surface area (Å²) in [7, 11) is 1.14. The number of ether oxygens (including phenoxy) is 3. The molecule has 0 spiro atoms. The molecule has 2 aromatic carbocycles. The molecule has 4 aromatic heterocycles. The number of benzene rings is 2. The Bertz CT molecular complexity index is 3190. The number of fused-ring (bicyclic) bond motifs is 5. The fourth-order valence-corrected chi connectivity index (χ4v) is 14.8. The van der Waals surface area contributed by atoms with Crippen molar-refractivity contribution < 1.29 is 46.6 Å². The molecule has 4 N–H and O–H groups in total. The van der Waals surface area contributed by atoms with Crippen molar-refractivity contribution in [1.82, 2.24) is 49.9 Å². The summed E-state index contributed by atoms with van der Waals surface area (Å²) in [4.78, 5) is 78.7. The number of hydrogen-bond acceptors (Lipinski definition) is 11. The van der Waals surface area contributed by atoms with E-state index in [0.29, 0.717) is 76.1 Å². The van der Waals surface area contributed by atoms with E-state index in [2.05, 4.69) is 33.1 Å². The molecule has 2 saturated carbocycles. The second-order valence-electron chi connectivity index (χ2n) is 21.5. The van der Waals surface area contributed by atoms with Gasteiger partial charge in [0.05, 0.1) is 82.6 Å². The maximum Gasteiger partial charge on any atom is 0.407 e. The van der Waals surface area contributed by atoms with Crippen LogP contribution >= 0.6 is 21.4 Å². The van der Waals surface area contributed by atoms with Crippen LogP contribution in [0.25, 0.3) is 44.7 Å². The third kappa shape index (κ3) is 9.72. The molecule has 2 saturated heterocycles. The van der Waals surface area contributed by atoms with Gasteiger partial charge in [-0.05, 0) is 93.2 Å². The molecular weight excluding hydrogens is 1010 g/mol. The van der Waals surface area contributed by atoms with Crippen molar-refractivity contribution in [2.75, 3.05) is 44.9 Å². The Balaban J connectivity index is 0.901. The van der Waals surface area contributed by atoms with Gasteiger partial charge in [-0.2, -0.15) is 0 Å². The molecule has 0 bridgehead atoms. The number of aromatic amines is 2. The molecule has 3 aliphatic heterocycles. The number of nitrogens with one attached hydrogen (secondary N) is 4. The standard InChI is InChI=1S/C53H61F3N10O7S2/c1-27(2)43(62-51(69)71-3)48(67)64-17-7-8-37(64)45-57-23-35(61-45)31-19-33(54)42-38-20-32-18-30(11-12-36(32)66(38)50(73-40(42)21-31)41-24-59-47(74-41)29-9-10-29)34-22-58-46(60-34)39-25-75(5,6)26-65(39)49(68)44(63-52(70)72-4)28-13-15-53(55,56)16-14-28/h11-12,18-24,27-29,37,39,43-44,50H,7-10,13-17,25-26H2,1-6H3,(H,57,61)(H,58,60)(H,62,69)(H,63,70)/t37-,39-,43-,44?,50-/m0/s1. The Hall–Kier alpha value is -6.55. The van der Waals surface area contributed by atoms with Gasteiger partial charge < -0.3 is 44.6 Å². The number of likely N-dealkylation sites (tertiary alicyclic amines) is 1. The summed E-state index contributed by atoms with van der Waals surface area (Å²) in [5.74, 6) is -1.57. The molecule has 11 rings (SSSR count). The number of alkyl halides is 2. The number of carbonyl (C=O) groups is 4. The van der Waals surface area contributed by atoms with E-state index in [1.54, 1.807) is 33.5 Å². The van der Waals surface area contributed by atoms with E-state index in [0.717, 1.165) is 45.6 Å². The Morgan fingerprint density at radius 1 is 0.840 bits per heavy atom. The second-order valence-corrected chi connectivity index (χ2v) is 26.7. The average molecular weight is 1070 g/mol. The van der Waals surface area contributed by atoms with Crippen LogP contribution in [0.4, 0.5) is 22.8 Å². The number of nitrogens with zero attached hydrogens (tertiary/aromatic N) is 6. The molecule has 17 nitrogen and oxygen atoms in total. The molecule has 2 aliphatic carbocycles. The number of methoxy groups -OCH3 is 2. The van der Waals surface area contributed by atoms with Crippen molar-refractivity contribution in [3.8, 4) is 39.5 Å². The zero-order valence-electron chi connectivity index (χ0n) is 42.6. The van der Waals surface area contributed by atoms with Gasteiger partial charge in [-0.25, -0.2) is 47.7 Å². The lowest BCUT2D eigenvalue weighted by atomic mass is 9.81. The number of amides is 4. The fraction of sp³-hybridized carbons (Fsp3) is 0.491. The van der Waals surface area contributed by atoms with Crippen LogP contribution in [0, 0.1) is 17.7 Å². The third-order valence-corrected chi connectivity index (χ3v) is 18.8. The van der Waals surface area contributed by atoms with E-state index in [1.807, 2.05) is 54.9 Å². The van der Waals surface area contributed by atoms with Gasteiger partial charge >= 0.3 is 12.2 Å². The predicted molar refractivity (Wildman–Crippen MR) is 278 cm³/mol. The summed E-state index contributed by atoms with van der Waals surface area (Å²) in [6.07, 6.45) is 10.4. The van der Waals surface area contributed by atoms with Gasteiger partial charge in [-0.1, -0.05) is 19.9 Å². The first-order valence-corrected chi connectivity index (χ1v) is 29.1. The Labute approximate surface area is 437 Å². The molecule has 6 aromatic rings. The number of halogens is 3. The normalized spacial score (nSPS) is 22.3. The van der Waals surface area contributed by atoms with Crippen molar-refractivity contribution >= 4 is 56.3 Å². The third-order valence-electron chi connectivity index (χ3n) is 15.4. The number of H-pyrrole nitrogens is 2. The van der Waals surface area contributed by atoms with Crippen molar-refractivity contribution in [1.29, 1.82) is 0 Å². The van der Waals surface area contributed by atoms with E-state index >= 15 is 4.39 Å². The maximum absolute atomic E-state index is 17.0. The van der Waals surface area contributed by atoms with Gasteiger partial charge in [-0.3, -0.25) is 14.2 Å². The molecule has 1 unspecified atom stereocenters. The lowest BCUT2D eigenvalue weighted by Gasteiger charge is -2.36. The van der Waals surface area contributed by atoms with Crippen LogP contribution in [0.1, 0.15) is 111 Å². The summed E-state index contributed by atoms with van der Waals surface area (Å²) < 4.78 is 64.1. The highest BCUT2D eigenvalue weighted by atomic mass is 32.3. The summed E-state index contributed by atoms with van der Waals surface area (Å²) >= 11 is 1.60. The van der Waals surface area contributed by atoms with Crippen molar-refractivity contribution in [3.05, 3.63) is 82.3 Å². The minimum Gasteiger partial charge on any atom is -0.464 e. The molecule has 398 valence electrons. The second kappa shape index (κ2) is 19.5. The molecule has 4 amide bonds. The summed E-state index contributed by atoms with van der Waals surface area (Å²) in [6.45, 7) is 4.21. The largest absolute Gasteiger partial charge is 0.464 e. The number of rotatable bonds is 12. The number of carbonyl (C=O) groups excluding carboxylic acids is 4. The first kappa shape index (κ1) is 50.6. The van der Waals surface area contributed by atoms with Crippen LogP contribution in [-0.4, -0.2) is 126 Å². The lowest BCUT2D eigenvalue weighted by molar-refractivity contribution is -0.137. The van der Waals surface area contributed by atoms with Crippen molar-refractivity contribution in [3.63, 3.8) is 0 Å². The summed E-state index contributed by atoms with van der Waals surface area (Å²) in [5.41, 5.74) is 4.30. The van der Waals surface area contributed by atoms with E-state index in [9.17, 15) is 28.0 Å². The van der Waals surface area contributed by atoms with Gasteiger partial charge in [0.2, 0.25) is 24.0 Å². The topological polar surface area (TPSA) is 202 Å². The lowest BCUT2D eigenvalue weighted by Crippen LogP contribution is -2.53. The number of thiazole rings is 1. The van der Waals surface area contributed by atoms with Crippen LogP contribution in [0.15, 0.2) is 55.0 Å². The monoisotopic (exact) mass is 1070 g/mol. The quantitative estimate of drug-likeness (QED) is 0.0914. The number of hydrogen-bond donors (Lipinski definition) is 4. The van der Waals surface area contributed by atoms with Crippen LogP contribution < -0.4 is 15.4 Å². The molecule has 5 aliphatic rings. The highest BCUT2D eigenvalue weighted by Gasteiger charge is 2.47. The summed E-state index contributed by atoms with van der Waals surface area (Å²) in [6, 6.07) is 8.56. The SMILES string of the molecule is COC(=O)NC(C(=O)N1CS(C)(C)C[C@H]1c1ncc(-c2ccc3c(c2)cc2n3[C@H](c3cnc(C4CC4)s3)Oc3cc(-c4cnc([C@@H]5CCCN5C(=O)[C@@H](NC(=O)OC)C(C)C)[nH]4)cc(F)c3-2)[nH]1)C1CCC(F)(F)CC1. The van der Waals surface area contributed by atoms with Gasteiger partial charge in [-0.15, -0.1) is 11.3 Å². The first-order chi connectivity index (χ1) is 35.9. The molecule has 7 heterocycles. The van der Waals surface area contributed by atoms with E-state index in [1.165, 1.54) is 20.3 Å². The average Bonchev–Trinajstić information content (AvgIpc) is 4.11. The van der Waals surface area contributed by atoms with E-state index in [-0.39, 0.29) is 49.5 Å². The highest BCUT2D eigenvalue weighted by molar-refractivity contribution is 8.32. The predicted octanol–water partition coefficient (Wildman–Crippen LogP) is 10.0. The van der Waals surface area contributed by atoms with Crippen molar-refractivity contribution in [2.45, 2.75) is 107 Å². The van der Waals surface area contributed by atoms with Gasteiger partial charge in [0, 0.05) is 53.8 Å². The fourth-order valence-electron chi connectivity index (χ4n) is 11.3. The molecule has 0 radical (unpaired) electrons. The summed E-state index contributed by atoms with van der Waals surface area (Å²) in [5, 5.41) is 7.24. The van der Waals surface area contributed by atoms with E-state index in [4.69, 9.17) is 29.2 Å². The highest BCUT2D eigenvalue weighted by Crippen LogP contribution is 2.54. The minimum absolute atomic E-state index is 0.0914.